The molecule has 156 valence electrons. The Bertz CT molecular complexity index is 1070. The number of Topliss-reactive ketones (excluding diaryl/α,β-unsaturated/α-hetero) is 1. The lowest BCUT2D eigenvalue weighted by Gasteiger charge is -2.31. The molecule has 4 rings (SSSR count). The number of likely N-dealkylation sites (tertiary alicyclic amines) is 1. The fourth-order valence-corrected chi connectivity index (χ4v) is 4.09. The van der Waals surface area contributed by atoms with E-state index in [1.165, 1.54) is 0 Å². The van der Waals surface area contributed by atoms with Crippen molar-refractivity contribution in [1.29, 1.82) is 0 Å². The van der Waals surface area contributed by atoms with E-state index >= 15 is 0 Å². The highest BCUT2D eigenvalue weighted by molar-refractivity contribution is 6.30. The number of rotatable bonds is 7. The van der Waals surface area contributed by atoms with E-state index in [-0.39, 0.29) is 17.1 Å². The molecule has 0 saturated carbocycles. The highest BCUT2D eigenvalue weighted by atomic mass is 35.5. The third-order valence-corrected chi connectivity index (χ3v) is 6.01. The first-order chi connectivity index (χ1) is 14.6. The third-order valence-electron chi connectivity index (χ3n) is 5.76. The van der Waals surface area contributed by atoms with E-state index < -0.39 is 0 Å². The molecule has 0 atom stereocenters. The second-order valence-corrected chi connectivity index (χ2v) is 8.19. The van der Waals surface area contributed by atoms with E-state index in [0.717, 1.165) is 44.6 Å². The number of benzene rings is 2. The van der Waals surface area contributed by atoms with Crippen molar-refractivity contribution in [2.75, 3.05) is 26.2 Å². The van der Waals surface area contributed by atoms with Crippen LogP contribution in [0.4, 0.5) is 0 Å². The fraction of sp³-hybridized carbons (Fsp3) is 0.333. The average molecular weight is 425 g/mol. The molecular formula is C24H25ClN2O3. The SMILES string of the molecule is O=C(c1ccc(Cl)cc1)C1CCN(CCNCc2coc3ccccc3c2=O)CC1. The Labute approximate surface area is 180 Å². The van der Waals surface area contributed by atoms with Crippen LogP contribution in [0, 0.1) is 5.92 Å². The van der Waals surface area contributed by atoms with Crippen molar-refractivity contribution < 1.29 is 9.21 Å². The van der Waals surface area contributed by atoms with E-state index in [1.807, 2.05) is 24.3 Å². The summed E-state index contributed by atoms with van der Waals surface area (Å²) in [5, 5.41) is 4.60. The van der Waals surface area contributed by atoms with E-state index in [2.05, 4.69) is 10.2 Å². The van der Waals surface area contributed by atoms with Gasteiger partial charge in [0.2, 0.25) is 0 Å². The number of nitrogens with one attached hydrogen (secondary N) is 1. The first-order valence-electron chi connectivity index (χ1n) is 10.3. The molecule has 2 aromatic carbocycles. The minimum atomic E-state index is 0.0193. The Balaban J connectivity index is 1.22. The van der Waals surface area contributed by atoms with Crippen LogP contribution < -0.4 is 10.7 Å². The highest BCUT2D eigenvalue weighted by Gasteiger charge is 2.25. The van der Waals surface area contributed by atoms with Crippen LogP contribution in [0.2, 0.25) is 5.02 Å². The van der Waals surface area contributed by atoms with Crippen LogP contribution in [0.3, 0.4) is 0 Å². The zero-order valence-corrected chi connectivity index (χ0v) is 17.5. The topological polar surface area (TPSA) is 62.6 Å². The Morgan fingerprint density at radius 2 is 1.83 bits per heavy atom. The van der Waals surface area contributed by atoms with E-state index in [0.29, 0.717) is 28.1 Å². The number of ketones is 1. The summed E-state index contributed by atoms with van der Waals surface area (Å²) in [5.41, 5.74) is 2.02. The van der Waals surface area contributed by atoms with Gasteiger partial charge in [-0.05, 0) is 62.3 Å². The minimum absolute atomic E-state index is 0.0193. The molecule has 6 heteroatoms. The minimum Gasteiger partial charge on any atom is -0.464 e. The smallest absolute Gasteiger partial charge is 0.197 e. The molecule has 1 fully saturated rings. The number of para-hydroxylation sites is 1. The summed E-state index contributed by atoms with van der Waals surface area (Å²) in [7, 11) is 0. The van der Waals surface area contributed by atoms with Gasteiger partial charge < -0.3 is 14.6 Å². The Morgan fingerprint density at radius 1 is 1.10 bits per heavy atom. The number of halogens is 1. The molecular weight excluding hydrogens is 400 g/mol. The molecule has 3 aromatic rings. The van der Waals surface area contributed by atoms with Gasteiger partial charge in [-0.25, -0.2) is 0 Å². The number of hydrogen-bond donors (Lipinski definition) is 1. The zero-order chi connectivity index (χ0) is 20.9. The Kier molecular flexibility index (Phi) is 6.62. The Morgan fingerprint density at radius 3 is 2.60 bits per heavy atom. The maximum absolute atomic E-state index is 12.6. The van der Waals surface area contributed by atoms with Gasteiger partial charge in [0.25, 0.3) is 0 Å². The van der Waals surface area contributed by atoms with Crippen LogP contribution in [-0.2, 0) is 6.54 Å². The van der Waals surface area contributed by atoms with Gasteiger partial charge in [0, 0.05) is 41.7 Å². The van der Waals surface area contributed by atoms with Gasteiger partial charge in [0.15, 0.2) is 11.2 Å². The Hall–Kier alpha value is -2.47. The molecule has 1 aliphatic rings. The predicted molar refractivity (Wildman–Crippen MR) is 119 cm³/mol. The van der Waals surface area contributed by atoms with E-state index in [9.17, 15) is 9.59 Å². The monoisotopic (exact) mass is 424 g/mol. The van der Waals surface area contributed by atoms with Gasteiger partial charge in [-0.15, -0.1) is 0 Å². The van der Waals surface area contributed by atoms with Crippen molar-refractivity contribution in [2.24, 2.45) is 5.92 Å². The first-order valence-corrected chi connectivity index (χ1v) is 10.7. The standard InChI is InChI=1S/C24H25ClN2O3/c25-20-7-5-17(6-8-20)23(28)18-9-12-27(13-10-18)14-11-26-15-19-16-30-22-4-2-1-3-21(22)24(19)29/h1-8,16,18,26H,9-15H2. The number of piperidine rings is 1. The molecule has 0 unspecified atom stereocenters. The van der Waals surface area contributed by atoms with Gasteiger partial charge in [-0.2, -0.15) is 0 Å². The molecule has 5 nitrogen and oxygen atoms in total. The molecule has 2 heterocycles. The summed E-state index contributed by atoms with van der Waals surface area (Å²) in [4.78, 5) is 27.5. The van der Waals surface area contributed by atoms with Gasteiger partial charge in [-0.1, -0.05) is 23.7 Å². The molecule has 0 spiro atoms. The molecule has 30 heavy (non-hydrogen) atoms. The number of carbonyl (C=O) groups is 1. The third kappa shape index (κ3) is 4.81. The molecule has 1 N–H and O–H groups in total. The van der Waals surface area contributed by atoms with Crippen LogP contribution in [0.15, 0.2) is 64.0 Å². The summed E-state index contributed by atoms with van der Waals surface area (Å²) in [6, 6.07) is 14.5. The number of carbonyl (C=O) groups excluding carboxylic acids is 1. The summed E-state index contributed by atoms with van der Waals surface area (Å²) in [6.45, 7) is 3.97. The van der Waals surface area contributed by atoms with Gasteiger partial charge in [-0.3, -0.25) is 9.59 Å². The van der Waals surface area contributed by atoms with Crippen LogP contribution in [0.25, 0.3) is 11.0 Å². The lowest BCUT2D eigenvalue weighted by Crippen LogP contribution is -2.40. The van der Waals surface area contributed by atoms with Crippen LogP contribution >= 0.6 is 11.6 Å². The quantitative estimate of drug-likeness (QED) is 0.456. The summed E-state index contributed by atoms with van der Waals surface area (Å²) < 4.78 is 5.56. The second kappa shape index (κ2) is 9.56. The maximum Gasteiger partial charge on any atom is 0.197 e. The first kappa shape index (κ1) is 20.8. The van der Waals surface area contributed by atoms with Crippen molar-refractivity contribution in [3.63, 3.8) is 0 Å². The number of fused-ring (bicyclic) bond motifs is 1. The fourth-order valence-electron chi connectivity index (χ4n) is 3.97. The molecule has 1 saturated heterocycles. The molecule has 0 amide bonds. The van der Waals surface area contributed by atoms with Crippen molar-refractivity contribution >= 4 is 28.4 Å². The van der Waals surface area contributed by atoms with Crippen LogP contribution in [0.5, 0.6) is 0 Å². The zero-order valence-electron chi connectivity index (χ0n) is 16.8. The lowest BCUT2D eigenvalue weighted by molar-refractivity contribution is 0.0841. The molecule has 0 bridgehead atoms. The number of hydrogen-bond acceptors (Lipinski definition) is 5. The maximum atomic E-state index is 12.6. The molecule has 1 aromatic heterocycles. The molecule has 1 aliphatic heterocycles. The van der Waals surface area contributed by atoms with Crippen molar-refractivity contribution in [1.82, 2.24) is 10.2 Å². The van der Waals surface area contributed by atoms with Crippen molar-refractivity contribution in [3.05, 3.63) is 81.2 Å². The van der Waals surface area contributed by atoms with Gasteiger partial charge in [0.1, 0.15) is 5.58 Å². The summed E-state index contributed by atoms with van der Waals surface area (Å²) in [6.07, 6.45) is 3.29. The summed E-state index contributed by atoms with van der Waals surface area (Å²) in [5.74, 6) is 0.296. The summed E-state index contributed by atoms with van der Waals surface area (Å²) >= 11 is 5.91. The van der Waals surface area contributed by atoms with Crippen molar-refractivity contribution in [3.8, 4) is 0 Å². The molecule has 0 radical (unpaired) electrons. The molecule has 0 aliphatic carbocycles. The average Bonchev–Trinajstić information content (AvgIpc) is 2.79. The normalized spacial score (nSPS) is 15.5. The largest absolute Gasteiger partial charge is 0.464 e. The number of nitrogens with zero attached hydrogens (tertiary/aromatic N) is 1. The predicted octanol–water partition coefficient (Wildman–Crippen LogP) is 4.13. The van der Waals surface area contributed by atoms with Crippen LogP contribution in [-0.4, -0.2) is 36.9 Å². The van der Waals surface area contributed by atoms with Gasteiger partial charge >= 0.3 is 0 Å². The second-order valence-electron chi connectivity index (χ2n) is 7.75. The van der Waals surface area contributed by atoms with Crippen molar-refractivity contribution in [2.45, 2.75) is 19.4 Å². The van der Waals surface area contributed by atoms with E-state index in [4.69, 9.17) is 16.0 Å². The van der Waals surface area contributed by atoms with Crippen LogP contribution in [0.1, 0.15) is 28.8 Å². The van der Waals surface area contributed by atoms with Gasteiger partial charge in [0.05, 0.1) is 11.6 Å². The van der Waals surface area contributed by atoms with E-state index in [1.54, 1.807) is 30.5 Å². The lowest BCUT2D eigenvalue weighted by atomic mass is 9.89. The highest BCUT2D eigenvalue weighted by Crippen LogP contribution is 2.22.